The van der Waals surface area contributed by atoms with Crippen LogP contribution in [0.1, 0.15) is 72.6 Å². The molecule has 2 aromatic heterocycles. The van der Waals surface area contributed by atoms with E-state index in [0.717, 1.165) is 36.3 Å². The number of alkyl halides is 2. The zero-order valence-corrected chi connectivity index (χ0v) is 29.2. The summed E-state index contributed by atoms with van der Waals surface area (Å²) in [5.74, 6) is -2.43. The Morgan fingerprint density at radius 2 is 1.73 bits per heavy atom. The van der Waals surface area contributed by atoms with E-state index in [1.54, 1.807) is 23.4 Å². The normalized spacial score (nSPS) is 23.4. The Morgan fingerprint density at radius 3 is 2.35 bits per heavy atom. The van der Waals surface area contributed by atoms with Crippen molar-refractivity contribution < 1.29 is 23.0 Å². The maximum atomic E-state index is 13.8. The average Bonchev–Trinajstić information content (AvgIpc) is 3.43. The van der Waals surface area contributed by atoms with Crippen molar-refractivity contribution in [3.8, 4) is 22.6 Å². The molecule has 1 saturated heterocycles. The molecule has 6 rings (SSSR count). The van der Waals surface area contributed by atoms with Gasteiger partial charge in [-0.3, -0.25) is 9.59 Å². The first-order chi connectivity index (χ1) is 22.8. The van der Waals surface area contributed by atoms with Crippen LogP contribution >= 0.6 is 11.8 Å². The molecule has 4 heterocycles. The number of hydrogen-bond acceptors (Lipinski definition) is 9. The van der Waals surface area contributed by atoms with Crippen molar-refractivity contribution >= 4 is 23.6 Å². The van der Waals surface area contributed by atoms with E-state index in [0.29, 0.717) is 51.3 Å². The maximum Gasteiger partial charge on any atom is 0.254 e. The first kappa shape index (κ1) is 34.2. The molecular weight excluding hydrogens is 638 g/mol. The van der Waals surface area contributed by atoms with E-state index in [1.807, 2.05) is 33.1 Å². The summed E-state index contributed by atoms with van der Waals surface area (Å²) in [6.07, 6.45) is 8.62. The van der Waals surface area contributed by atoms with Gasteiger partial charge in [-0.05, 0) is 72.0 Å². The van der Waals surface area contributed by atoms with Crippen LogP contribution in [0.3, 0.4) is 0 Å². The first-order valence-electron chi connectivity index (χ1n) is 16.5. The van der Waals surface area contributed by atoms with Crippen LogP contribution in [0, 0.1) is 19.8 Å². The number of carbonyl (C=O) groups is 1. The van der Waals surface area contributed by atoms with Gasteiger partial charge in [-0.25, -0.2) is 18.7 Å². The van der Waals surface area contributed by atoms with Gasteiger partial charge in [0.05, 0.1) is 0 Å². The molecule has 2 aliphatic heterocycles. The molecular formula is C35H44F2N6O4S. The smallest absolute Gasteiger partial charge is 0.254 e. The fraction of sp³-hybridized carbons (Fsp3) is 0.543. The Balaban J connectivity index is 1.33. The number of halogens is 2. The SMILES string of the molecule is CSc1cc(C)[nH]c(=O)c1CNC(=O)c1cc(-c2cnc(N3CCC(F)(F)CC3)nc2)c2c(c1C)OC(C)([C@H]1CC[C@H](N(C)C)CC1)O2. The second-order valence-electron chi connectivity index (χ2n) is 13.6. The zero-order chi connectivity index (χ0) is 34.4. The Morgan fingerprint density at radius 1 is 1.08 bits per heavy atom. The molecule has 13 heteroatoms. The molecule has 0 bridgehead atoms. The van der Waals surface area contributed by atoms with Crippen LogP contribution < -0.4 is 25.2 Å². The molecule has 10 nitrogen and oxygen atoms in total. The van der Waals surface area contributed by atoms with Gasteiger partial charge in [0.1, 0.15) is 0 Å². The van der Waals surface area contributed by atoms with Gasteiger partial charge in [-0.1, -0.05) is 0 Å². The number of aromatic amines is 1. The van der Waals surface area contributed by atoms with Crippen molar-refractivity contribution in [2.75, 3.05) is 38.3 Å². The molecule has 3 aliphatic rings. The van der Waals surface area contributed by atoms with Gasteiger partial charge in [-0.2, -0.15) is 0 Å². The summed E-state index contributed by atoms with van der Waals surface area (Å²) in [5.41, 5.74) is 3.21. The van der Waals surface area contributed by atoms with Crippen LogP contribution in [-0.4, -0.2) is 77.0 Å². The number of rotatable bonds is 8. The number of hydrogen-bond donors (Lipinski definition) is 2. The molecule has 3 aromatic rings. The fourth-order valence-electron chi connectivity index (χ4n) is 7.07. The topological polar surface area (TPSA) is 113 Å². The number of nitrogens with one attached hydrogen (secondary N) is 2. The fourth-order valence-corrected chi connectivity index (χ4v) is 7.78. The number of anilines is 1. The van der Waals surface area contributed by atoms with E-state index in [2.05, 4.69) is 39.3 Å². The number of thioether (sulfide) groups is 1. The molecule has 1 saturated carbocycles. The third kappa shape index (κ3) is 6.76. The zero-order valence-electron chi connectivity index (χ0n) is 28.4. The Kier molecular flexibility index (Phi) is 9.47. The molecule has 1 unspecified atom stereocenters. The van der Waals surface area contributed by atoms with Gasteiger partial charge in [0.2, 0.25) is 5.95 Å². The lowest BCUT2D eigenvalue weighted by atomic mass is 9.81. The lowest BCUT2D eigenvalue weighted by Crippen LogP contribution is -2.46. The largest absolute Gasteiger partial charge is 0.448 e. The van der Waals surface area contributed by atoms with Crippen molar-refractivity contribution in [2.24, 2.45) is 5.92 Å². The Labute approximate surface area is 284 Å². The Hall–Kier alpha value is -3.71. The van der Waals surface area contributed by atoms with Gasteiger partial charge < -0.3 is 29.6 Å². The minimum absolute atomic E-state index is 0.0490. The second-order valence-corrected chi connectivity index (χ2v) is 14.4. The quantitative estimate of drug-likeness (QED) is 0.279. The number of carbonyl (C=O) groups excluding carboxylic acids is 1. The van der Waals surface area contributed by atoms with Gasteiger partial charge >= 0.3 is 0 Å². The third-order valence-corrected chi connectivity index (χ3v) is 10.9. The van der Waals surface area contributed by atoms with Crippen molar-refractivity contribution in [1.29, 1.82) is 0 Å². The van der Waals surface area contributed by atoms with E-state index >= 15 is 0 Å². The summed E-state index contributed by atoms with van der Waals surface area (Å²) in [7, 11) is 4.22. The summed E-state index contributed by atoms with van der Waals surface area (Å²) in [5, 5.41) is 2.95. The van der Waals surface area contributed by atoms with E-state index in [4.69, 9.17) is 9.47 Å². The van der Waals surface area contributed by atoms with Crippen molar-refractivity contribution in [3.63, 3.8) is 0 Å². The van der Waals surface area contributed by atoms with Crippen molar-refractivity contribution in [3.05, 3.63) is 57.3 Å². The number of aromatic nitrogens is 3. The van der Waals surface area contributed by atoms with Gasteiger partial charge in [0, 0.05) is 102 Å². The number of fused-ring (bicyclic) bond motifs is 1. The summed E-state index contributed by atoms with van der Waals surface area (Å²) in [6, 6.07) is 4.16. The van der Waals surface area contributed by atoms with E-state index in [1.165, 1.54) is 11.8 Å². The molecule has 0 radical (unpaired) electrons. The number of piperidine rings is 1. The minimum Gasteiger partial charge on any atom is -0.448 e. The number of benzene rings is 1. The monoisotopic (exact) mass is 682 g/mol. The number of nitrogens with zero attached hydrogens (tertiary/aromatic N) is 4. The van der Waals surface area contributed by atoms with Crippen LogP contribution in [0.2, 0.25) is 0 Å². The highest BCUT2D eigenvalue weighted by molar-refractivity contribution is 7.98. The summed E-state index contributed by atoms with van der Waals surface area (Å²) < 4.78 is 41.0. The number of ether oxygens (including phenoxy) is 2. The average molecular weight is 683 g/mol. The molecule has 2 fully saturated rings. The molecule has 1 aromatic carbocycles. The van der Waals surface area contributed by atoms with Gasteiger partial charge in [0.15, 0.2) is 11.5 Å². The molecule has 2 N–H and O–H groups in total. The molecule has 258 valence electrons. The summed E-state index contributed by atoms with van der Waals surface area (Å²) in [6.45, 7) is 6.02. The van der Waals surface area contributed by atoms with Crippen LogP contribution in [0.4, 0.5) is 14.7 Å². The Bertz CT molecular complexity index is 1730. The van der Waals surface area contributed by atoms with Crippen molar-refractivity contribution in [2.45, 2.75) is 88.5 Å². The molecule has 48 heavy (non-hydrogen) atoms. The second kappa shape index (κ2) is 13.3. The van der Waals surface area contributed by atoms with E-state index < -0.39 is 11.7 Å². The molecule has 1 aliphatic carbocycles. The predicted octanol–water partition coefficient (Wildman–Crippen LogP) is 5.94. The number of pyridine rings is 1. The minimum atomic E-state index is -2.67. The summed E-state index contributed by atoms with van der Waals surface area (Å²) >= 11 is 1.45. The van der Waals surface area contributed by atoms with Crippen LogP contribution in [0.25, 0.3) is 11.1 Å². The highest BCUT2D eigenvalue weighted by Gasteiger charge is 2.48. The lowest BCUT2D eigenvalue weighted by molar-refractivity contribution is -0.123. The van der Waals surface area contributed by atoms with Gasteiger partial charge in [-0.15, -0.1) is 11.8 Å². The van der Waals surface area contributed by atoms with Crippen molar-refractivity contribution in [1.82, 2.24) is 25.2 Å². The predicted molar refractivity (Wildman–Crippen MR) is 182 cm³/mol. The highest BCUT2D eigenvalue weighted by atomic mass is 32.2. The summed E-state index contributed by atoms with van der Waals surface area (Å²) in [4.78, 5) is 43.3. The van der Waals surface area contributed by atoms with Crippen LogP contribution in [-0.2, 0) is 6.54 Å². The number of amides is 1. The molecule has 0 spiro atoms. The number of aryl methyl sites for hydroxylation is 1. The maximum absolute atomic E-state index is 13.8. The molecule has 1 amide bonds. The standard InChI is InChI=1S/C35H44F2N6O4S/c1-20-15-28(48-6)27(32(45)41-20)19-38-31(44)25-16-26(22-17-39-33(40-18-22)43-13-11-35(36,37)12-14-43)30-29(21(25)2)46-34(3,47-30)23-7-9-24(10-8-23)42(4)5/h15-18,23-24H,7-14,19H2,1-6H3,(H,38,44)(H,41,45)/t23-,24-,34?. The van der Waals surface area contributed by atoms with E-state index in [-0.39, 0.29) is 49.9 Å². The van der Waals surface area contributed by atoms with Crippen LogP contribution in [0.5, 0.6) is 11.5 Å². The number of H-pyrrole nitrogens is 1. The highest BCUT2D eigenvalue weighted by Crippen LogP contribution is 2.53. The lowest BCUT2D eigenvalue weighted by Gasteiger charge is -2.39. The van der Waals surface area contributed by atoms with Crippen LogP contribution in [0.15, 0.2) is 34.2 Å². The van der Waals surface area contributed by atoms with E-state index in [9.17, 15) is 18.4 Å². The molecule has 1 atom stereocenters. The van der Waals surface area contributed by atoms with Gasteiger partial charge in [0.25, 0.3) is 23.2 Å². The third-order valence-electron chi connectivity index (χ3n) is 10.1. The first-order valence-corrected chi connectivity index (χ1v) is 17.7.